The van der Waals surface area contributed by atoms with E-state index in [-0.39, 0.29) is 0 Å². The molecule has 0 unspecified atom stereocenters. The second kappa shape index (κ2) is 3.62. The van der Waals surface area contributed by atoms with Crippen molar-refractivity contribution in [3.63, 3.8) is 0 Å². The first-order valence-electron chi connectivity index (χ1n) is 4.78. The summed E-state index contributed by atoms with van der Waals surface area (Å²) in [4.78, 5) is 4.09. The highest BCUT2D eigenvalue weighted by atomic mass is 14.6. The molecule has 0 aliphatic rings. The van der Waals surface area contributed by atoms with E-state index in [1.54, 1.807) is 0 Å². The first kappa shape index (κ1) is 8.95. The summed E-state index contributed by atoms with van der Waals surface area (Å²) in [7, 11) is 0. The monoisotopic (exact) mass is 183 g/mol. The maximum absolute atomic E-state index is 4.09. The number of hydrogen-bond acceptors (Lipinski definition) is 1. The van der Waals surface area contributed by atoms with Crippen molar-refractivity contribution in [1.82, 2.24) is 4.98 Å². The lowest BCUT2D eigenvalue weighted by molar-refractivity contribution is 1.36. The van der Waals surface area contributed by atoms with Gasteiger partial charge < -0.3 is 0 Å². The molecule has 1 aromatic carbocycles. The minimum Gasteiger partial charge on any atom is -0.264 e. The van der Waals surface area contributed by atoms with Crippen molar-refractivity contribution >= 4 is 16.3 Å². The molecule has 0 spiro atoms. The molecule has 2 rings (SSSR count). The Balaban J connectivity index is 2.62. The zero-order valence-corrected chi connectivity index (χ0v) is 8.49. The van der Waals surface area contributed by atoms with Crippen molar-refractivity contribution in [2.45, 2.75) is 13.8 Å². The summed E-state index contributed by atoms with van der Waals surface area (Å²) in [6.07, 6.45) is 5.85. The van der Waals surface area contributed by atoms with Crippen LogP contribution in [0.3, 0.4) is 0 Å². The molecule has 0 atom stereocenters. The minimum atomic E-state index is 1.19. The second-order valence-electron chi connectivity index (χ2n) is 3.41. The van der Waals surface area contributed by atoms with Gasteiger partial charge in [0.25, 0.3) is 0 Å². The van der Waals surface area contributed by atoms with E-state index in [1.165, 1.54) is 21.9 Å². The van der Waals surface area contributed by atoms with E-state index in [0.29, 0.717) is 0 Å². The van der Waals surface area contributed by atoms with Crippen molar-refractivity contribution in [3.05, 3.63) is 48.3 Å². The third kappa shape index (κ3) is 1.53. The lowest BCUT2D eigenvalue weighted by atomic mass is 10.0. The Kier molecular flexibility index (Phi) is 2.32. The van der Waals surface area contributed by atoms with Crippen molar-refractivity contribution in [2.24, 2.45) is 0 Å². The highest BCUT2D eigenvalue weighted by Gasteiger charge is 1.96. The molecule has 14 heavy (non-hydrogen) atoms. The number of fused-ring (bicyclic) bond motifs is 1. The van der Waals surface area contributed by atoms with Crippen LogP contribution in [0.2, 0.25) is 0 Å². The topological polar surface area (TPSA) is 12.9 Å². The quantitative estimate of drug-likeness (QED) is 0.657. The van der Waals surface area contributed by atoms with Crippen LogP contribution in [-0.2, 0) is 0 Å². The highest BCUT2D eigenvalue weighted by molar-refractivity contribution is 5.85. The summed E-state index contributed by atoms with van der Waals surface area (Å²) in [5.41, 5.74) is 2.59. The first-order valence-corrected chi connectivity index (χ1v) is 4.78. The SMILES string of the molecule is CC=C(C)c1ccc2cnccc2c1. The van der Waals surface area contributed by atoms with Gasteiger partial charge in [-0.1, -0.05) is 18.2 Å². The van der Waals surface area contributed by atoms with Crippen molar-refractivity contribution in [3.8, 4) is 0 Å². The molecule has 0 fully saturated rings. The Morgan fingerprint density at radius 3 is 2.86 bits per heavy atom. The number of aromatic nitrogens is 1. The maximum Gasteiger partial charge on any atom is 0.0346 e. The van der Waals surface area contributed by atoms with Gasteiger partial charge in [0, 0.05) is 17.8 Å². The molecule has 2 aromatic rings. The molecular formula is C13H13N. The number of allylic oxidation sites excluding steroid dienone is 2. The maximum atomic E-state index is 4.09. The normalized spacial score (nSPS) is 12.0. The highest BCUT2D eigenvalue weighted by Crippen LogP contribution is 2.19. The van der Waals surface area contributed by atoms with Crippen molar-refractivity contribution < 1.29 is 0 Å². The molecule has 0 N–H and O–H groups in total. The average Bonchev–Trinajstić information content (AvgIpc) is 2.27. The Morgan fingerprint density at radius 1 is 1.21 bits per heavy atom. The van der Waals surface area contributed by atoms with E-state index >= 15 is 0 Å². The molecule has 0 aliphatic heterocycles. The van der Waals surface area contributed by atoms with Crippen LogP contribution in [0.4, 0.5) is 0 Å². The summed E-state index contributed by atoms with van der Waals surface area (Å²) in [5, 5.41) is 2.44. The van der Waals surface area contributed by atoms with Crippen LogP contribution >= 0.6 is 0 Å². The van der Waals surface area contributed by atoms with Crippen LogP contribution in [0.1, 0.15) is 19.4 Å². The molecule has 0 saturated heterocycles. The lowest BCUT2D eigenvalue weighted by Gasteiger charge is -2.02. The van der Waals surface area contributed by atoms with Gasteiger partial charge in [0.15, 0.2) is 0 Å². The van der Waals surface area contributed by atoms with Crippen LogP contribution in [0.5, 0.6) is 0 Å². The number of hydrogen-bond donors (Lipinski definition) is 0. The van der Waals surface area contributed by atoms with Crippen LogP contribution in [0.25, 0.3) is 16.3 Å². The van der Waals surface area contributed by atoms with E-state index in [4.69, 9.17) is 0 Å². The third-order valence-corrected chi connectivity index (χ3v) is 2.53. The van der Waals surface area contributed by atoms with Gasteiger partial charge in [0.2, 0.25) is 0 Å². The molecule has 0 radical (unpaired) electrons. The van der Waals surface area contributed by atoms with Gasteiger partial charge in [-0.2, -0.15) is 0 Å². The van der Waals surface area contributed by atoms with Gasteiger partial charge in [-0.25, -0.2) is 0 Å². The van der Waals surface area contributed by atoms with Crippen LogP contribution < -0.4 is 0 Å². The van der Waals surface area contributed by atoms with E-state index in [9.17, 15) is 0 Å². The summed E-state index contributed by atoms with van der Waals surface area (Å²) < 4.78 is 0. The summed E-state index contributed by atoms with van der Waals surface area (Å²) in [6.45, 7) is 4.19. The Bertz CT molecular complexity index is 483. The largest absolute Gasteiger partial charge is 0.264 e. The first-order chi connectivity index (χ1) is 6.81. The Labute approximate surface area is 84.1 Å². The molecule has 0 bridgehead atoms. The third-order valence-electron chi connectivity index (χ3n) is 2.53. The van der Waals surface area contributed by atoms with Crippen molar-refractivity contribution in [2.75, 3.05) is 0 Å². The van der Waals surface area contributed by atoms with Gasteiger partial charge in [-0.05, 0) is 42.5 Å². The molecule has 0 saturated carbocycles. The van der Waals surface area contributed by atoms with Gasteiger partial charge in [-0.15, -0.1) is 0 Å². The molecule has 1 aromatic heterocycles. The summed E-state index contributed by atoms with van der Waals surface area (Å²) in [6, 6.07) is 8.50. The standard InChI is InChI=1S/C13H13N/c1-3-10(2)11-4-5-13-9-14-7-6-12(13)8-11/h3-9H,1-2H3. The summed E-state index contributed by atoms with van der Waals surface area (Å²) >= 11 is 0. The van der Waals surface area contributed by atoms with Gasteiger partial charge in [0.05, 0.1) is 0 Å². The number of pyridine rings is 1. The lowest BCUT2D eigenvalue weighted by Crippen LogP contribution is -1.80. The number of rotatable bonds is 1. The van der Waals surface area contributed by atoms with E-state index in [1.807, 2.05) is 18.5 Å². The predicted octanol–water partition coefficient (Wildman–Crippen LogP) is 3.66. The minimum absolute atomic E-state index is 1.19. The second-order valence-corrected chi connectivity index (χ2v) is 3.41. The van der Waals surface area contributed by atoms with Crippen LogP contribution in [-0.4, -0.2) is 4.98 Å². The molecule has 70 valence electrons. The Morgan fingerprint density at radius 2 is 2.07 bits per heavy atom. The zero-order valence-electron chi connectivity index (χ0n) is 8.49. The van der Waals surface area contributed by atoms with Gasteiger partial charge >= 0.3 is 0 Å². The van der Waals surface area contributed by atoms with Crippen LogP contribution in [0, 0.1) is 0 Å². The molecule has 1 heteroatoms. The average molecular weight is 183 g/mol. The van der Waals surface area contributed by atoms with Gasteiger partial charge in [0.1, 0.15) is 0 Å². The molecule has 1 heterocycles. The van der Waals surface area contributed by atoms with Crippen molar-refractivity contribution in [1.29, 1.82) is 0 Å². The molecular weight excluding hydrogens is 170 g/mol. The zero-order chi connectivity index (χ0) is 9.97. The molecule has 0 aliphatic carbocycles. The van der Waals surface area contributed by atoms with E-state index in [0.717, 1.165) is 0 Å². The summed E-state index contributed by atoms with van der Waals surface area (Å²) in [5.74, 6) is 0. The Hall–Kier alpha value is -1.63. The fourth-order valence-electron chi connectivity index (χ4n) is 1.50. The fourth-order valence-corrected chi connectivity index (χ4v) is 1.50. The number of nitrogens with zero attached hydrogens (tertiary/aromatic N) is 1. The van der Waals surface area contributed by atoms with Gasteiger partial charge in [-0.3, -0.25) is 4.98 Å². The predicted molar refractivity (Wildman–Crippen MR) is 61.1 cm³/mol. The van der Waals surface area contributed by atoms with E-state index in [2.05, 4.69) is 43.1 Å². The fraction of sp³-hybridized carbons (Fsp3) is 0.154. The smallest absolute Gasteiger partial charge is 0.0346 e. The number of benzene rings is 1. The van der Waals surface area contributed by atoms with Crippen LogP contribution in [0.15, 0.2) is 42.7 Å². The molecule has 1 nitrogen and oxygen atoms in total. The van der Waals surface area contributed by atoms with E-state index < -0.39 is 0 Å². The molecule has 0 amide bonds.